The number of carbonyl (C=O) groups is 1. The van der Waals surface area contributed by atoms with E-state index < -0.39 is 0 Å². The van der Waals surface area contributed by atoms with Crippen LogP contribution < -0.4 is 5.32 Å². The van der Waals surface area contributed by atoms with Crippen LogP contribution in [0.5, 0.6) is 0 Å². The van der Waals surface area contributed by atoms with E-state index in [9.17, 15) is 4.79 Å². The summed E-state index contributed by atoms with van der Waals surface area (Å²) in [6, 6.07) is 9.86. The van der Waals surface area contributed by atoms with E-state index in [0.717, 1.165) is 18.4 Å². The van der Waals surface area contributed by atoms with E-state index in [4.69, 9.17) is 0 Å². The van der Waals surface area contributed by atoms with Crippen molar-refractivity contribution in [1.29, 1.82) is 0 Å². The second-order valence-electron chi connectivity index (χ2n) is 5.95. The molecule has 3 rings (SSSR count). The fraction of sp³-hybridized carbons (Fsp3) is 0.389. The second kappa shape index (κ2) is 7.72. The lowest BCUT2D eigenvalue weighted by Gasteiger charge is -2.19. The fourth-order valence-electron chi connectivity index (χ4n) is 2.98. The van der Waals surface area contributed by atoms with Crippen LogP contribution in [0.2, 0.25) is 0 Å². The van der Waals surface area contributed by atoms with Crippen LogP contribution >= 0.6 is 0 Å². The van der Waals surface area contributed by atoms with Crippen LogP contribution in [0.15, 0.2) is 54.6 Å². The molecular formula is C18H22N4O. The van der Waals surface area contributed by atoms with Gasteiger partial charge in [-0.25, -0.2) is 4.98 Å². The number of benzene rings is 1. The highest BCUT2D eigenvalue weighted by Crippen LogP contribution is 2.22. The Morgan fingerprint density at radius 3 is 2.70 bits per heavy atom. The van der Waals surface area contributed by atoms with Crippen LogP contribution in [0.3, 0.4) is 0 Å². The average molecular weight is 310 g/mol. The monoisotopic (exact) mass is 310 g/mol. The van der Waals surface area contributed by atoms with Crippen molar-refractivity contribution in [2.24, 2.45) is 0 Å². The molecule has 120 valence electrons. The Morgan fingerprint density at radius 2 is 2.00 bits per heavy atom. The normalized spacial score (nSPS) is 15.9. The molecule has 0 radical (unpaired) electrons. The molecule has 2 aromatic rings. The van der Waals surface area contributed by atoms with Crippen molar-refractivity contribution >= 4 is 5.91 Å². The third-order valence-electron chi connectivity index (χ3n) is 4.19. The van der Waals surface area contributed by atoms with E-state index in [1.807, 2.05) is 30.3 Å². The van der Waals surface area contributed by atoms with E-state index in [-0.39, 0.29) is 11.9 Å². The van der Waals surface area contributed by atoms with Crippen molar-refractivity contribution in [3.8, 4) is 0 Å². The molecule has 1 aliphatic rings. The summed E-state index contributed by atoms with van der Waals surface area (Å²) < 4.78 is 1.74. The first kappa shape index (κ1) is 15.5. The quantitative estimate of drug-likeness (QED) is 0.864. The Morgan fingerprint density at radius 1 is 1.22 bits per heavy atom. The molecule has 1 atom stereocenters. The van der Waals surface area contributed by atoms with Crippen LogP contribution in [-0.2, 0) is 11.3 Å². The summed E-state index contributed by atoms with van der Waals surface area (Å²) in [6.07, 6.45) is 10.7. The number of carbonyl (C=O) groups excluding carboxylic acids is 1. The number of hydrogen-bond donors (Lipinski definition) is 1. The molecule has 1 aliphatic carbocycles. The summed E-state index contributed by atoms with van der Waals surface area (Å²) in [6.45, 7) is 0.568. The first-order valence-corrected chi connectivity index (χ1v) is 8.18. The van der Waals surface area contributed by atoms with Gasteiger partial charge < -0.3 is 5.32 Å². The summed E-state index contributed by atoms with van der Waals surface area (Å²) in [5.74, 6) is -0.0177. The lowest BCUT2D eigenvalue weighted by Crippen LogP contribution is -2.30. The molecule has 5 heteroatoms. The molecule has 0 saturated heterocycles. The molecule has 5 nitrogen and oxygen atoms in total. The van der Waals surface area contributed by atoms with Crippen LogP contribution in [0.4, 0.5) is 0 Å². The lowest BCUT2D eigenvalue weighted by molar-refractivity contribution is -0.117. The maximum Gasteiger partial charge on any atom is 0.244 e. The minimum absolute atomic E-state index is 0.0177. The first-order valence-electron chi connectivity index (χ1n) is 8.18. The first-order chi connectivity index (χ1) is 11.3. The van der Waals surface area contributed by atoms with Gasteiger partial charge in [0, 0.05) is 6.08 Å². The van der Waals surface area contributed by atoms with Gasteiger partial charge in [-0.3, -0.25) is 9.48 Å². The highest BCUT2D eigenvalue weighted by Gasteiger charge is 2.15. The number of allylic oxidation sites excluding steroid dienone is 1. The number of nitrogens with zero attached hydrogens (tertiary/aromatic N) is 3. The van der Waals surface area contributed by atoms with E-state index >= 15 is 0 Å². The molecule has 1 N–H and O–H groups in total. The minimum Gasteiger partial charge on any atom is -0.344 e. The second-order valence-corrected chi connectivity index (χ2v) is 5.95. The zero-order valence-corrected chi connectivity index (χ0v) is 13.2. The average Bonchev–Trinajstić information content (AvgIpc) is 3.09. The highest BCUT2D eigenvalue weighted by molar-refractivity contribution is 5.88. The Balaban J connectivity index is 1.71. The molecule has 0 bridgehead atoms. The van der Waals surface area contributed by atoms with E-state index in [1.165, 1.54) is 31.2 Å². The molecule has 0 spiro atoms. The maximum atomic E-state index is 12.4. The molecule has 1 fully saturated rings. The van der Waals surface area contributed by atoms with Crippen molar-refractivity contribution in [3.63, 3.8) is 0 Å². The largest absolute Gasteiger partial charge is 0.344 e. The van der Waals surface area contributed by atoms with Gasteiger partial charge >= 0.3 is 0 Å². The molecule has 1 unspecified atom stereocenters. The van der Waals surface area contributed by atoms with E-state index in [2.05, 4.69) is 15.4 Å². The van der Waals surface area contributed by atoms with Crippen molar-refractivity contribution in [3.05, 3.63) is 60.2 Å². The molecule has 23 heavy (non-hydrogen) atoms. The maximum absolute atomic E-state index is 12.4. The van der Waals surface area contributed by atoms with Crippen molar-refractivity contribution < 1.29 is 4.79 Å². The van der Waals surface area contributed by atoms with Gasteiger partial charge in [-0.2, -0.15) is 5.10 Å². The van der Waals surface area contributed by atoms with Gasteiger partial charge in [0.25, 0.3) is 0 Å². The smallest absolute Gasteiger partial charge is 0.244 e. The van der Waals surface area contributed by atoms with Gasteiger partial charge in [-0.05, 0) is 31.2 Å². The Hall–Kier alpha value is -2.43. The predicted octanol–water partition coefficient (Wildman–Crippen LogP) is 3.03. The SMILES string of the molecule is O=C(C=C1CCCCC1)NC(Cn1cncn1)c1ccccc1. The van der Waals surface area contributed by atoms with Crippen LogP contribution in [-0.4, -0.2) is 20.7 Å². The van der Waals surface area contributed by atoms with Crippen molar-refractivity contribution in [2.75, 3.05) is 0 Å². The van der Waals surface area contributed by atoms with E-state index in [0.29, 0.717) is 6.54 Å². The number of amides is 1. The third kappa shape index (κ3) is 4.52. The summed E-state index contributed by atoms with van der Waals surface area (Å²) in [5, 5.41) is 7.26. The van der Waals surface area contributed by atoms with Crippen molar-refractivity contribution in [2.45, 2.75) is 44.7 Å². The summed E-state index contributed by atoms with van der Waals surface area (Å²) >= 11 is 0. The van der Waals surface area contributed by atoms with Gasteiger partial charge in [-0.15, -0.1) is 0 Å². The van der Waals surface area contributed by atoms with Crippen LogP contribution in [0.25, 0.3) is 0 Å². The third-order valence-corrected chi connectivity index (χ3v) is 4.19. The highest BCUT2D eigenvalue weighted by atomic mass is 16.1. The zero-order valence-electron chi connectivity index (χ0n) is 13.2. The topological polar surface area (TPSA) is 59.8 Å². The van der Waals surface area contributed by atoms with E-state index in [1.54, 1.807) is 17.1 Å². The van der Waals surface area contributed by atoms with Gasteiger partial charge in [0.2, 0.25) is 5.91 Å². The Labute approximate surface area is 136 Å². The summed E-state index contributed by atoms with van der Waals surface area (Å²) in [5.41, 5.74) is 2.33. The molecule has 0 aliphatic heterocycles. The standard InChI is InChI=1S/C18H22N4O/c23-18(11-15-7-3-1-4-8-15)21-17(12-22-14-19-13-20-22)16-9-5-2-6-10-16/h2,5-6,9-11,13-14,17H,1,3-4,7-8,12H2,(H,21,23). The fourth-order valence-corrected chi connectivity index (χ4v) is 2.98. The lowest BCUT2D eigenvalue weighted by atomic mass is 9.94. The number of rotatable bonds is 5. The van der Waals surface area contributed by atoms with Crippen LogP contribution in [0, 0.1) is 0 Å². The van der Waals surface area contributed by atoms with Gasteiger partial charge in [0.05, 0.1) is 12.6 Å². The predicted molar refractivity (Wildman–Crippen MR) is 88.5 cm³/mol. The molecule has 1 saturated carbocycles. The Kier molecular flexibility index (Phi) is 5.19. The molecule has 1 amide bonds. The molecular weight excluding hydrogens is 288 g/mol. The number of aromatic nitrogens is 3. The Bertz CT molecular complexity index is 641. The number of hydrogen-bond acceptors (Lipinski definition) is 3. The molecule has 1 aromatic carbocycles. The zero-order chi connectivity index (χ0) is 15.9. The number of nitrogens with one attached hydrogen (secondary N) is 1. The van der Waals surface area contributed by atoms with Gasteiger partial charge in [0.1, 0.15) is 12.7 Å². The van der Waals surface area contributed by atoms with Gasteiger partial charge in [-0.1, -0.05) is 42.3 Å². The molecule has 1 heterocycles. The van der Waals surface area contributed by atoms with Gasteiger partial charge in [0.15, 0.2) is 0 Å². The van der Waals surface area contributed by atoms with Crippen LogP contribution in [0.1, 0.15) is 43.7 Å². The summed E-state index contributed by atoms with van der Waals surface area (Å²) in [7, 11) is 0. The van der Waals surface area contributed by atoms with Crippen molar-refractivity contribution in [1.82, 2.24) is 20.1 Å². The minimum atomic E-state index is -0.120. The summed E-state index contributed by atoms with van der Waals surface area (Å²) in [4.78, 5) is 16.4. The molecule has 1 aromatic heterocycles.